The number of carbonyl (C=O) groups excluding carboxylic acids is 1. The number of esters is 1. The molecule has 1 unspecified atom stereocenters. The van der Waals surface area contributed by atoms with Crippen LogP contribution in [0.15, 0.2) is 36.6 Å². The van der Waals surface area contributed by atoms with Crippen molar-refractivity contribution in [2.75, 3.05) is 19.8 Å². The zero-order valence-electron chi connectivity index (χ0n) is 11.9. The summed E-state index contributed by atoms with van der Waals surface area (Å²) in [4.78, 5) is 10.8. The fourth-order valence-electron chi connectivity index (χ4n) is 1.93. The maximum Gasteiger partial charge on any atom is 0.330 e. The van der Waals surface area contributed by atoms with Crippen molar-refractivity contribution in [3.05, 3.63) is 36.6 Å². The van der Waals surface area contributed by atoms with Gasteiger partial charge < -0.3 is 14.6 Å². The van der Waals surface area contributed by atoms with E-state index in [0.717, 1.165) is 37.9 Å². The van der Waals surface area contributed by atoms with E-state index in [1.165, 1.54) is 6.08 Å². The first-order chi connectivity index (χ1) is 9.76. The minimum Gasteiger partial charge on any atom is -0.494 e. The zero-order valence-corrected chi connectivity index (χ0v) is 11.9. The normalized spacial score (nSPS) is 17.4. The molecule has 112 valence electrons. The Balaban J connectivity index is 1.98. The molecule has 1 N–H and O–H groups in total. The summed E-state index contributed by atoms with van der Waals surface area (Å²) in [6, 6.07) is 0. The highest BCUT2D eigenvalue weighted by molar-refractivity contribution is 5.81. The van der Waals surface area contributed by atoms with Crippen LogP contribution in [0.2, 0.25) is 0 Å². The van der Waals surface area contributed by atoms with Gasteiger partial charge in [0.05, 0.1) is 13.2 Å². The van der Waals surface area contributed by atoms with Crippen LogP contribution in [0, 0.1) is 5.92 Å². The minimum atomic E-state index is -0.365. The molecule has 0 aromatic carbocycles. The van der Waals surface area contributed by atoms with Crippen molar-refractivity contribution in [1.29, 1.82) is 0 Å². The van der Waals surface area contributed by atoms with Gasteiger partial charge in [0.15, 0.2) is 0 Å². The quantitative estimate of drug-likeness (QED) is 0.380. The lowest BCUT2D eigenvalue weighted by atomic mass is 9.97. The molecule has 0 fully saturated rings. The summed E-state index contributed by atoms with van der Waals surface area (Å²) in [7, 11) is 0. The van der Waals surface area contributed by atoms with Crippen LogP contribution in [0.5, 0.6) is 0 Å². The van der Waals surface area contributed by atoms with Crippen molar-refractivity contribution in [3.63, 3.8) is 0 Å². The molecular formula is C16H24O4. The van der Waals surface area contributed by atoms with Crippen LogP contribution in [0.25, 0.3) is 0 Å². The Kier molecular flexibility index (Phi) is 8.47. The van der Waals surface area contributed by atoms with Gasteiger partial charge in [-0.15, -0.1) is 0 Å². The van der Waals surface area contributed by atoms with Gasteiger partial charge in [-0.05, 0) is 50.2 Å². The Labute approximate surface area is 120 Å². The molecule has 20 heavy (non-hydrogen) atoms. The van der Waals surface area contributed by atoms with Crippen molar-refractivity contribution in [2.45, 2.75) is 32.1 Å². The average molecular weight is 280 g/mol. The van der Waals surface area contributed by atoms with Gasteiger partial charge in [-0.25, -0.2) is 4.79 Å². The third-order valence-electron chi connectivity index (χ3n) is 3.12. The van der Waals surface area contributed by atoms with Crippen LogP contribution in [-0.4, -0.2) is 30.9 Å². The molecule has 0 saturated carbocycles. The third-order valence-corrected chi connectivity index (χ3v) is 3.12. The van der Waals surface area contributed by atoms with E-state index in [4.69, 9.17) is 14.6 Å². The van der Waals surface area contributed by atoms with Crippen LogP contribution >= 0.6 is 0 Å². The van der Waals surface area contributed by atoms with E-state index in [2.05, 4.69) is 18.7 Å². The standard InChI is InChI=1S/C16H24O4/c1-2-16(18)20-13-5-3-4-12-19-15-8-6-14(7-9-15)10-11-17/h2,6,8-9,14,17H,1,3-5,7,10-13H2. The molecule has 4 heteroatoms. The fraction of sp³-hybridized carbons (Fsp3) is 0.562. The monoisotopic (exact) mass is 280 g/mol. The second-order valence-electron chi connectivity index (χ2n) is 4.75. The van der Waals surface area contributed by atoms with E-state index in [9.17, 15) is 4.79 Å². The SMILES string of the molecule is C=CC(=O)OCCCCCOC1=CCC(CCO)C=C1. The summed E-state index contributed by atoms with van der Waals surface area (Å²) in [5.41, 5.74) is 0. The van der Waals surface area contributed by atoms with E-state index < -0.39 is 0 Å². The Morgan fingerprint density at radius 3 is 2.85 bits per heavy atom. The molecule has 0 radical (unpaired) electrons. The molecule has 1 atom stereocenters. The van der Waals surface area contributed by atoms with Gasteiger partial charge in [-0.2, -0.15) is 0 Å². The number of ether oxygens (including phenoxy) is 2. The molecule has 0 aromatic rings. The number of carbonyl (C=O) groups is 1. The molecule has 0 spiro atoms. The highest BCUT2D eigenvalue weighted by Gasteiger charge is 2.08. The maximum absolute atomic E-state index is 10.8. The molecule has 0 saturated heterocycles. The molecule has 0 amide bonds. The summed E-state index contributed by atoms with van der Waals surface area (Å²) in [5.74, 6) is 0.986. The number of aliphatic hydroxyl groups is 1. The number of rotatable bonds is 10. The largest absolute Gasteiger partial charge is 0.494 e. The molecule has 1 aliphatic rings. The van der Waals surface area contributed by atoms with E-state index in [-0.39, 0.29) is 12.6 Å². The Morgan fingerprint density at radius 2 is 2.20 bits per heavy atom. The van der Waals surface area contributed by atoms with Crippen molar-refractivity contribution in [1.82, 2.24) is 0 Å². The number of hydrogen-bond acceptors (Lipinski definition) is 4. The molecule has 1 aliphatic carbocycles. The fourth-order valence-corrected chi connectivity index (χ4v) is 1.93. The first-order valence-electron chi connectivity index (χ1n) is 7.17. The topological polar surface area (TPSA) is 55.8 Å². The van der Waals surface area contributed by atoms with Crippen molar-refractivity contribution in [2.24, 2.45) is 5.92 Å². The third kappa shape index (κ3) is 7.14. The molecule has 0 aliphatic heterocycles. The number of allylic oxidation sites excluding steroid dienone is 3. The molecule has 4 nitrogen and oxygen atoms in total. The Bertz CT molecular complexity index is 357. The summed E-state index contributed by atoms with van der Waals surface area (Å²) in [6.07, 6.45) is 11.8. The smallest absolute Gasteiger partial charge is 0.330 e. The van der Waals surface area contributed by atoms with Gasteiger partial charge in [0.25, 0.3) is 0 Å². The van der Waals surface area contributed by atoms with E-state index >= 15 is 0 Å². The molecule has 1 rings (SSSR count). The second-order valence-corrected chi connectivity index (χ2v) is 4.75. The van der Waals surface area contributed by atoms with Crippen molar-refractivity contribution < 1.29 is 19.4 Å². The summed E-state index contributed by atoms with van der Waals surface area (Å²) >= 11 is 0. The number of hydrogen-bond donors (Lipinski definition) is 1. The predicted octanol–water partition coefficient (Wildman–Crippen LogP) is 2.74. The summed E-state index contributed by atoms with van der Waals surface area (Å²) in [6.45, 7) is 4.69. The van der Waals surface area contributed by atoms with E-state index in [1.807, 2.05) is 6.08 Å². The summed E-state index contributed by atoms with van der Waals surface area (Å²) in [5, 5.41) is 8.86. The Hall–Kier alpha value is -1.55. The van der Waals surface area contributed by atoms with Crippen molar-refractivity contribution in [3.8, 4) is 0 Å². The first-order valence-corrected chi connectivity index (χ1v) is 7.17. The predicted molar refractivity (Wildman–Crippen MR) is 78.0 cm³/mol. The van der Waals surface area contributed by atoms with Gasteiger partial charge in [-0.3, -0.25) is 0 Å². The van der Waals surface area contributed by atoms with Crippen LogP contribution in [0.1, 0.15) is 32.1 Å². The lowest BCUT2D eigenvalue weighted by molar-refractivity contribution is -0.137. The zero-order chi connectivity index (χ0) is 14.6. The van der Waals surface area contributed by atoms with E-state index in [0.29, 0.717) is 19.1 Å². The van der Waals surface area contributed by atoms with Gasteiger partial charge in [0, 0.05) is 12.7 Å². The van der Waals surface area contributed by atoms with Gasteiger partial charge in [0.1, 0.15) is 5.76 Å². The average Bonchev–Trinajstić information content (AvgIpc) is 2.48. The highest BCUT2D eigenvalue weighted by Crippen LogP contribution is 2.19. The molecule has 0 heterocycles. The van der Waals surface area contributed by atoms with Crippen LogP contribution in [0.3, 0.4) is 0 Å². The van der Waals surface area contributed by atoms with Crippen LogP contribution in [0.4, 0.5) is 0 Å². The highest BCUT2D eigenvalue weighted by atomic mass is 16.5. The lowest BCUT2D eigenvalue weighted by Crippen LogP contribution is -2.05. The molecular weight excluding hydrogens is 256 g/mol. The molecule has 0 bridgehead atoms. The lowest BCUT2D eigenvalue weighted by Gasteiger charge is -2.15. The first kappa shape index (κ1) is 16.5. The summed E-state index contributed by atoms with van der Waals surface area (Å²) < 4.78 is 10.5. The van der Waals surface area contributed by atoms with E-state index in [1.54, 1.807) is 0 Å². The second kappa shape index (κ2) is 10.3. The minimum absolute atomic E-state index is 0.232. The van der Waals surface area contributed by atoms with Gasteiger partial charge in [-0.1, -0.05) is 12.7 Å². The van der Waals surface area contributed by atoms with Crippen molar-refractivity contribution >= 4 is 5.97 Å². The van der Waals surface area contributed by atoms with Gasteiger partial charge >= 0.3 is 5.97 Å². The Morgan fingerprint density at radius 1 is 1.40 bits per heavy atom. The number of unbranched alkanes of at least 4 members (excludes halogenated alkanes) is 2. The molecule has 0 aromatic heterocycles. The van der Waals surface area contributed by atoms with Crippen LogP contribution < -0.4 is 0 Å². The maximum atomic E-state index is 10.8. The van der Waals surface area contributed by atoms with Gasteiger partial charge in [0.2, 0.25) is 0 Å². The van der Waals surface area contributed by atoms with Crippen LogP contribution in [-0.2, 0) is 14.3 Å². The number of aliphatic hydroxyl groups excluding tert-OH is 1.